The van der Waals surface area contributed by atoms with Crippen molar-refractivity contribution in [3.63, 3.8) is 0 Å². The van der Waals surface area contributed by atoms with E-state index in [2.05, 4.69) is 5.32 Å². The number of nitrogens with zero attached hydrogens (tertiary/aromatic N) is 2. The van der Waals surface area contributed by atoms with Gasteiger partial charge in [-0.25, -0.2) is 12.8 Å². The standard InChI is InChI=1S/C24H28FN3O4S/c25-21-10-4-2-8-19(21)24(30)27-16-12-18(13-17-27)26-23(29)20-9-3-5-11-22(20)33(31,32)28-14-6-1-7-15-28/h2-5,8-11,18H,1,6-7,12-17H2,(H,26,29). The summed E-state index contributed by atoms with van der Waals surface area (Å²) in [5, 5.41) is 2.93. The molecule has 2 aliphatic heterocycles. The Labute approximate surface area is 193 Å². The van der Waals surface area contributed by atoms with Gasteiger partial charge in [0.2, 0.25) is 10.0 Å². The van der Waals surface area contributed by atoms with Crippen LogP contribution in [0.25, 0.3) is 0 Å². The summed E-state index contributed by atoms with van der Waals surface area (Å²) in [6.07, 6.45) is 3.65. The smallest absolute Gasteiger partial charge is 0.256 e. The molecule has 2 aliphatic rings. The van der Waals surface area contributed by atoms with Gasteiger partial charge in [0.1, 0.15) is 5.82 Å². The van der Waals surface area contributed by atoms with Gasteiger partial charge in [-0.1, -0.05) is 30.7 Å². The highest BCUT2D eigenvalue weighted by atomic mass is 32.2. The third-order valence-corrected chi connectivity index (χ3v) is 8.24. The Morgan fingerprint density at radius 1 is 0.848 bits per heavy atom. The molecular weight excluding hydrogens is 445 g/mol. The van der Waals surface area contributed by atoms with E-state index >= 15 is 0 Å². The SMILES string of the molecule is O=C(NC1CCN(C(=O)c2ccccc2F)CC1)c1ccccc1S(=O)(=O)N1CCCCC1. The van der Waals surface area contributed by atoms with E-state index in [1.807, 2.05) is 0 Å². The van der Waals surface area contributed by atoms with Crippen molar-refractivity contribution in [3.8, 4) is 0 Å². The first kappa shape index (κ1) is 23.4. The molecule has 0 aromatic heterocycles. The summed E-state index contributed by atoms with van der Waals surface area (Å²) in [5.41, 5.74) is 0.171. The number of amides is 2. The van der Waals surface area contributed by atoms with Crippen LogP contribution in [0.5, 0.6) is 0 Å². The number of nitrogens with one attached hydrogen (secondary N) is 1. The van der Waals surface area contributed by atoms with Gasteiger partial charge in [0, 0.05) is 32.2 Å². The van der Waals surface area contributed by atoms with E-state index in [0.29, 0.717) is 39.0 Å². The molecule has 2 aromatic rings. The Balaban J connectivity index is 1.41. The molecule has 2 aromatic carbocycles. The highest BCUT2D eigenvalue weighted by molar-refractivity contribution is 7.89. The average Bonchev–Trinajstić information content (AvgIpc) is 2.85. The van der Waals surface area contributed by atoms with Gasteiger partial charge in [-0.3, -0.25) is 9.59 Å². The van der Waals surface area contributed by atoms with Gasteiger partial charge >= 0.3 is 0 Å². The maximum Gasteiger partial charge on any atom is 0.256 e. The molecule has 33 heavy (non-hydrogen) atoms. The Kier molecular flexibility index (Phi) is 7.09. The van der Waals surface area contributed by atoms with Gasteiger partial charge < -0.3 is 10.2 Å². The molecule has 2 amide bonds. The van der Waals surface area contributed by atoms with Crippen LogP contribution < -0.4 is 5.32 Å². The largest absolute Gasteiger partial charge is 0.349 e. The van der Waals surface area contributed by atoms with E-state index in [0.717, 1.165) is 19.3 Å². The second-order valence-electron chi connectivity index (χ2n) is 8.48. The van der Waals surface area contributed by atoms with Gasteiger partial charge in [-0.05, 0) is 49.9 Å². The van der Waals surface area contributed by atoms with E-state index < -0.39 is 21.7 Å². The van der Waals surface area contributed by atoms with Gasteiger partial charge in [0.15, 0.2) is 0 Å². The second kappa shape index (κ2) is 10.0. The quantitative estimate of drug-likeness (QED) is 0.723. The second-order valence-corrected chi connectivity index (χ2v) is 10.4. The predicted octanol–water partition coefficient (Wildman–Crippen LogP) is 3.03. The summed E-state index contributed by atoms with van der Waals surface area (Å²) in [4.78, 5) is 27.2. The van der Waals surface area contributed by atoms with Crippen LogP contribution in [0, 0.1) is 5.82 Å². The third kappa shape index (κ3) is 5.09. The highest BCUT2D eigenvalue weighted by Crippen LogP contribution is 2.24. The van der Waals surface area contributed by atoms with Crippen LogP contribution >= 0.6 is 0 Å². The Hall–Kier alpha value is -2.78. The maximum atomic E-state index is 13.9. The molecule has 0 atom stereocenters. The number of piperidine rings is 2. The summed E-state index contributed by atoms with van der Waals surface area (Å²) in [6, 6.07) is 12.0. The number of carbonyl (C=O) groups excluding carboxylic acids is 2. The molecule has 4 rings (SSSR count). The molecule has 9 heteroatoms. The molecule has 2 saturated heterocycles. The number of likely N-dealkylation sites (tertiary alicyclic amines) is 1. The van der Waals surface area contributed by atoms with Crippen LogP contribution in [-0.2, 0) is 10.0 Å². The summed E-state index contributed by atoms with van der Waals surface area (Å²) < 4.78 is 41.7. The van der Waals surface area contributed by atoms with Crippen molar-refractivity contribution in [3.05, 3.63) is 65.5 Å². The minimum Gasteiger partial charge on any atom is -0.349 e. The minimum atomic E-state index is -3.75. The van der Waals surface area contributed by atoms with E-state index in [4.69, 9.17) is 0 Å². The highest BCUT2D eigenvalue weighted by Gasteiger charge is 2.31. The first-order valence-corrected chi connectivity index (χ1v) is 12.8. The number of hydrogen-bond donors (Lipinski definition) is 1. The third-order valence-electron chi connectivity index (χ3n) is 6.29. The van der Waals surface area contributed by atoms with Crippen molar-refractivity contribution in [2.24, 2.45) is 0 Å². The summed E-state index contributed by atoms with van der Waals surface area (Å²) in [5.74, 6) is -1.36. The molecule has 7 nitrogen and oxygen atoms in total. The molecule has 0 saturated carbocycles. The fourth-order valence-electron chi connectivity index (χ4n) is 4.42. The van der Waals surface area contributed by atoms with Crippen molar-refractivity contribution >= 4 is 21.8 Å². The van der Waals surface area contributed by atoms with Crippen molar-refractivity contribution in [1.29, 1.82) is 0 Å². The first-order chi connectivity index (χ1) is 15.9. The van der Waals surface area contributed by atoms with Gasteiger partial charge in [-0.2, -0.15) is 4.31 Å². The summed E-state index contributed by atoms with van der Waals surface area (Å²) in [7, 11) is -3.75. The Bertz CT molecular complexity index is 1120. The molecule has 0 bridgehead atoms. The average molecular weight is 474 g/mol. The number of rotatable bonds is 5. The lowest BCUT2D eigenvalue weighted by Gasteiger charge is -2.32. The van der Waals surface area contributed by atoms with Crippen LogP contribution in [0.3, 0.4) is 0 Å². The van der Waals surface area contributed by atoms with E-state index in [1.54, 1.807) is 23.1 Å². The molecule has 0 aliphatic carbocycles. The minimum absolute atomic E-state index is 0.0246. The monoisotopic (exact) mass is 473 g/mol. The number of halogens is 1. The first-order valence-electron chi connectivity index (χ1n) is 11.3. The van der Waals surface area contributed by atoms with Gasteiger partial charge in [0.05, 0.1) is 16.0 Å². The van der Waals surface area contributed by atoms with Crippen LogP contribution in [0.2, 0.25) is 0 Å². The molecule has 0 spiro atoms. The Morgan fingerprint density at radius 2 is 1.45 bits per heavy atom. The molecule has 176 valence electrons. The molecule has 0 unspecified atom stereocenters. The lowest BCUT2D eigenvalue weighted by Crippen LogP contribution is -2.47. The summed E-state index contributed by atoms with van der Waals surface area (Å²) >= 11 is 0. The fraction of sp³-hybridized carbons (Fsp3) is 0.417. The van der Waals surface area contributed by atoms with Gasteiger partial charge in [0.25, 0.3) is 11.8 Å². The zero-order chi connectivity index (χ0) is 23.4. The van der Waals surface area contributed by atoms with Crippen LogP contribution in [-0.4, -0.2) is 61.7 Å². The fourth-order valence-corrected chi connectivity index (χ4v) is 6.12. The molecule has 0 radical (unpaired) electrons. The van der Waals surface area contributed by atoms with Crippen molar-refractivity contribution in [2.45, 2.75) is 43.0 Å². The number of sulfonamides is 1. The van der Waals surface area contributed by atoms with Crippen LogP contribution in [0.15, 0.2) is 53.4 Å². The molecule has 2 heterocycles. The van der Waals surface area contributed by atoms with E-state index in [-0.39, 0.29) is 28.0 Å². The van der Waals surface area contributed by atoms with Crippen LogP contribution in [0.1, 0.15) is 52.8 Å². The topological polar surface area (TPSA) is 86.8 Å². The number of carbonyl (C=O) groups is 2. The molecule has 1 N–H and O–H groups in total. The van der Waals surface area contributed by atoms with Crippen molar-refractivity contribution in [1.82, 2.24) is 14.5 Å². The normalized spacial score (nSPS) is 18.2. The lowest BCUT2D eigenvalue weighted by atomic mass is 10.0. The van der Waals surface area contributed by atoms with Crippen molar-refractivity contribution in [2.75, 3.05) is 26.2 Å². The van der Waals surface area contributed by atoms with Crippen LogP contribution in [0.4, 0.5) is 4.39 Å². The zero-order valence-electron chi connectivity index (χ0n) is 18.4. The Morgan fingerprint density at radius 3 is 2.12 bits per heavy atom. The predicted molar refractivity (Wildman–Crippen MR) is 122 cm³/mol. The lowest BCUT2D eigenvalue weighted by molar-refractivity contribution is 0.0693. The molecular formula is C24H28FN3O4S. The zero-order valence-corrected chi connectivity index (χ0v) is 19.2. The summed E-state index contributed by atoms with van der Waals surface area (Å²) in [6.45, 7) is 1.69. The molecule has 2 fully saturated rings. The van der Waals surface area contributed by atoms with E-state index in [9.17, 15) is 22.4 Å². The van der Waals surface area contributed by atoms with E-state index in [1.165, 1.54) is 34.6 Å². The maximum absolute atomic E-state index is 13.9. The number of hydrogen-bond acceptors (Lipinski definition) is 4. The van der Waals surface area contributed by atoms with Crippen molar-refractivity contribution < 1.29 is 22.4 Å². The number of benzene rings is 2. The van der Waals surface area contributed by atoms with Gasteiger partial charge in [-0.15, -0.1) is 0 Å².